The zero-order valence-corrected chi connectivity index (χ0v) is 17.0. The minimum absolute atomic E-state index is 0.00769. The van der Waals surface area contributed by atoms with Gasteiger partial charge in [0.1, 0.15) is 11.5 Å². The number of rotatable bonds is 9. The zero-order valence-electron chi connectivity index (χ0n) is 17.0. The number of hydrogen-bond acceptors (Lipinski definition) is 8. The van der Waals surface area contributed by atoms with Crippen LogP contribution in [0.3, 0.4) is 0 Å². The third kappa shape index (κ3) is 4.94. The molecule has 1 amide bonds. The van der Waals surface area contributed by atoms with Gasteiger partial charge in [-0.25, -0.2) is 9.37 Å². The molecule has 0 unspecified atom stereocenters. The van der Waals surface area contributed by atoms with Crippen molar-refractivity contribution in [3.05, 3.63) is 48.3 Å². The molecule has 3 aromatic rings. The maximum absolute atomic E-state index is 14.7. The number of carbonyl (C=O) groups excluding carboxylic acids is 1. The molecule has 2 atom stereocenters. The third-order valence-electron chi connectivity index (χ3n) is 5.12. The predicted octanol–water partition coefficient (Wildman–Crippen LogP) is 1.97. The largest absolute Gasteiger partial charge is 0.365 e. The monoisotopic (exact) mass is 425 g/mol. The lowest BCUT2D eigenvalue weighted by atomic mass is 10.0. The van der Waals surface area contributed by atoms with Crippen LogP contribution in [-0.2, 0) is 0 Å². The highest BCUT2D eigenvalue weighted by molar-refractivity contribution is 5.98. The summed E-state index contributed by atoms with van der Waals surface area (Å²) in [6, 6.07) is 2.45. The van der Waals surface area contributed by atoms with Crippen LogP contribution < -0.4 is 22.1 Å². The van der Waals surface area contributed by atoms with Gasteiger partial charge in [0.25, 0.3) is 5.91 Å². The van der Waals surface area contributed by atoms with Crippen LogP contribution in [0.2, 0.25) is 0 Å². The Bertz CT molecular complexity index is 1070. The third-order valence-corrected chi connectivity index (χ3v) is 5.12. The molecule has 3 heterocycles. The number of aromatic nitrogens is 5. The van der Waals surface area contributed by atoms with Crippen molar-refractivity contribution >= 4 is 23.2 Å². The predicted molar refractivity (Wildman–Crippen MR) is 114 cm³/mol. The van der Waals surface area contributed by atoms with E-state index in [0.29, 0.717) is 17.3 Å². The number of halogens is 1. The van der Waals surface area contributed by atoms with Gasteiger partial charge in [-0.15, -0.1) is 4.80 Å². The molecule has 1 aliphatic rings. The van der Waals surface area contributed by atoms with E-state index in [4.69, 9.17) is 11.5 Å². The average Bonchev–Trinajstić information content (AvgIpc) is 3.38. The minimum atomic E-state index is -0.806. The van der Waals surface area contributed by atoms with E-state index >= 15 is 0 Å². The highest BCUT2D eigenvalue weighted by Gasteiger charge is 2.28. The van der Waals surface area contributed by atoms with Crippen LogP contribution in [0.15, 0.2) is 36.9 Å². The maximum atomic E-state index is 14.7. The Balaban J connectivity index is 1.63. The molecule has 6 N–H and O–H groups in total. The first-order valence-electron chi connectivity index (χ1n) is 10.0. The number of nitrogens with two attached hydrogens (primary N) is 2. The molecule has 0 bridgehead atoms. The molecule has 0 spiro atoms. The number of carbonyl (C=O) groups is 1. The Morgan fingerprint density at radius 2 is 2.00 bits per heavy atom. The van der Waals surface area contributed by atoms with E-state index < -0.39 is 11.7 Å². The summed E-state index contributed by atoms with van der Waals surface area (Å²) in [6.45, 7) is 1.87. The van der Waals surface area contributed by atoms with Crippen LogP contribution in [-0.4, -0.2) is 43.0 Å². The first-order chi connectivity index (χ1) is 14.9. The Morgan fingerprint density at radius 1 is 1.26 bits per heavy atom. The van der Waals surface area contributed by atoms with Gasteiger partial charge in [-0.1, -0.05) is 12.8 Å². The number of nitrogens with one attached hydrogen (secondary N) is 2. The van der Waals surface area contributed by atoms with Crippen molar-refractivity contribution in [2.24, 2.45) is 17.4 Å². The molecule has 162 valence electrons. The molecule has 4 rings (SSSR count). The van der Waals surface area contributed by atoms with E-state index in [1.165, 1.54) is 11.0 Å². The van der Waals surface area contributed by atoms with Crippen molar-refractivity contribution in [1.82, 2.24) is 25.0 Å². The summed E-state index contributed by atoms with van der Waals surface area (Å²) in [5.41, 5.74) is 12.6. The molecule has 0 saturated heterocycles. The molecule has 1 aliphatic carbocycles. The van der Waals surface area contributed by atoms with Crippen LogP contribution in [0.1, 0.15) is 36.5 Å². The molecular weight excluding hydrogens is 401 g/mol. The van der Waals surface area contributed by atoms with Gasteiger partial charge in [-0.2, -0.15) is 10.2 Å². The normalized spacial score (nSPS) is 15.3. The SMILES string of the molecule is C[C@H](N)[C@@H](CC1CC1)Nc1nc(Nc2cncc(-n3nccn3)c2)c(C(N)=O)cc1F. The van der Waals surface area contributed by atoms with Crippen molar-refractivity contribution in [2.75, 3.05) is 10.6 Å². The first-order valence-corrected chi connectivity index (χ1v) is 10.0. The summed E-state index contributed by atoms with van der Waals surface area (Å²) >= 11 is 0. The molecule has 1 fully saturated rings. The van der Waals surface area contributed by atoms with Crippen LogP contribution in [0.5, 0.6) is 0 Å². The number of anilines is 3. The number of hydrogen-bond donors (Lipinski definition) is 4. The summed E-state index contributed by atoms with van der Waals surface area (Å²) in [6.07, 6.45) is 9.35. The van der Waals surface area contributed by atoms with E-state index in [0.717, 1.165) is 25.3 Å². The van der Waals surface area contributed by atoms with E-state index in [9.17, 15) is 9.18 Å². The molecule has 11 heteroatoms. The summed E-state index contributed by atoms with van der Waals surface area (Å²) in [5, 5.41) is 14.2. The fourth-order valence-electron chi connectivity index (χ4n) is 3.26. The van der Waals surface area contributed by atoms with Crippen molar-refractivity contribution in [3.8, 4) is 5.69 Å². The standard InChI is InChI=1S/C20H24FN9O/c1-11(22)17(6-12-2-3-12)28-20-16(21)8-15(18(23)31)19(29-20)27-13-7-14(10-24-9-13)30-25-4-5-26-30/h4-5,7-12,17H,2-3,6,22H2,1H3,(H2,23,31)(H2,27,28,29)/t11-,17+/m0/s1. The quantitative estimate of drug-likeness (QED) is 0.406. The lowest BCUT2D eigenvalue weighted by molar-refractivity contribution is 0.100. The van der Waals surface area contributed by atoms with Gasteiger partial charge in [-0.05, 0) is 31.4 Å². The highest BCUT2D eigenvalue weighted by Crippen LogP contribution is 2.35. The van der Waals surface area contributed by atoms with Gasteiger partial charge in [0.15, 0.2) is 11.6 Å². The van der Waals surface area contributed by atoms with Crippen molar-refractivity contribution in [3.63, 3.8) is 0 Å². The number of pyridine rings is 2. The van der Waals surface area contributed by atoms with Crippen molar-refractivity contribution < 1.29 is 9.18 Å². The first kappa shape index (κ1) is 20.7. The summed E-state index contributed by atoms with van der Waals surface area (Å²) in [5.74, 6) is -0.765. The summed E-state index contributed by atoms with van der Waals surface area (Å²) in [7, 11) is 0. The smallest absolute Gasteiger partial charge is 0.252 e. The maximum Gasteiger partial charge on any atom is 0.252 e. The van der Waals surface area contributed by atoms with E-state index in [1.54, 1.807) is 24.7 Å². The Morgan fingerprint density at radius 3 is 2.65 bits per heavy atom. The fraction of sp³-hybridized carbons (Fsp3) is 0.350. The van der Waals surface area contributed by atoms with Gasteiger partial charge in [-0.3, -0.25) is 9.78 Å². The minimum Gasteiger partial charge on any atom is -0.365 e. The lowest BCUT2D eigenvalue weighted by Gasteiger charge is -2.23. The Labute approximate surface area is 178 Å². The van der Waals surface area contributed by atoms with Gasteiger partial charge in [0.05, 0.1) is 36.0 Å². The van der Waals surface area contributed by atoms with Crippen LogP contribution in [0.25, 0.3) is 5.69 Å². The topological polar surface area (TPSA) is 150 Å². The van der Waals surface area contributed by atoms with Gasteiger partial charge in [0, 0.05) is 12.1 Å². The summed E-state index contributed by atoms with van der Waals surface area (Å²) < 4.78 is 14.7. The van der Waals surface area contributed by atoms with Crippen LogP contribution >= 0.6 is 0 Å². The fourth-order valence-corrected chi connectivity index (χ4v) is 3.26. The van der Waals surface area contributed by atoms with Gasteiger partial charge in [0.2, 0.25) is 0 Å². The second-order valence-electron chi connectivity index (χ2n) is 7.74. The second-order valence-corrected chi connectivity index (χ2v) is 7.74. The number of amides is 1. The van der Waals surface area contributed by atoms with Gasteiger partial charge < -0.3 is 22.1 Å². The second kappa shape index (κ2) is 8.64. The number of nitrogens with zero attached hydrogens (tertiary/aromatic N) is 5. The molecule has 10 nitrogen and oxygen atoms in total. The van der Waals surface area contributed by atoms with Crippen molar-refractivity contribution in [1.29, 1.82) is 0 Å². The Kier molecular flexibility index (Phi) is 5.76. The molecule has 31 heavy (non-hydrogen) atoms. The zero-order chi connectivity index (χ0) is 22.0. The lowest BCUT2D eigenvalue weighted by Crippen LogP contribution is -2.39. The number of primary amides is 1. The highest BCUT2D eigenvalue weighted by atomic mass is 19.1. The average molecular weight is 425 g/mol. The van der Waals surface area contributed by atoms with Crippen LogP contribution in [0, 0.1) is 11.7 Å². The van der Waals surface area contributed by atoms with Crippen LogP contribution in [0.4, 0.5) is 21.7 Å². The Hall–Kier alpha value is -3.60. The van der Waals surface area contributed by atoms with E-state index in [-0.39, 0.29) is 29.3 Å². The molecule has 0 aromatic carbocycles. The molecule has 0 aliphatic heterocycles. The van der Waals surface area contributed by atoms with E-state index in [1.807, 2.05) is 6.92 Å². The molecule has 0 radical (unpaired) electrons. The van der Waals surface area contributed by atoms with E-state index in [2.05, 4.69) is 30.8 Å². The summed E-state index contributed by atoms with van der Waals surface area (Å²) in [4.78, 5) is 21.8. The molecule has 3 aromatic heterocycles. The van der Waals surface area contributed by atoms with Crippen molar-refractivity contribution in [2.45, 2.75) is 38.3 Å². The molecule has 1 saturated carbocycles. The van der Waals surface area contributed by atoms with Gasteiger partial charge >= 0.3 is 0 Å². The molecular formula is C20H24FN9O.